The van der Waals surface area contributed by atoms with Crippen LogP contribution in [0.15, 0.2) is 0 Å². The topological polar surface area (TPSA) is 81.2 Å². The van der Waals surface area contributed by atoms with Crippen molar-refractivity contribution < 1.29 is 14.3 Å². The van der Waals surface area contributed by atoms with Gasteiger partial charge in [-0.25, -0.2) is 0 Å². The number of hydrogen-bond donors (Lipinski definition) is 1. The minimum absolute atomic E-state index is 0.118. The van der Waals surface area contributed by atoms with Crippen molar-refractivity contribution in [2.75, 3.05) is 5.32 Å². The van der Waals surface area contributed by atoms with Crippen LogP contribution in [0, 0.1) is 5.92 Å². The van der Waals surface area contributed by atoms with Crippen LogP contribution in [-0.4, -0.2) is 27.7 Å². The molecule has 1 aliphatic carbocycles. The summed E-state index contributed by atoms with van der Waals surface area (Å²) in [4.78, 5) is 23.5. The summed E-state index contributed by atoms with van der Waals surface area (Å²) in [7, 11) is 0. The first-order chi connectivity index (χ1) is 8.95. The normalized spacial score (nSPS) is 25.2. The number of ether oxygens (including phenoxy) is 1. The SMILES string of the molecule is CC1(C)OC(=O)C[C@H]1C(=O)Nc1nnc(C2CC2)s1. The average molecular weight is 281 g/mol. The quantitative estimate of drug-likeness (QED) is 0.853. The van der Waals surface area contributed by atoms with Gasteiger partial charge in [0.1, 0.15) is 10.6 Å². The lowest BCUT2D eigenvalue weighted by molar-refractivity contribution is -0.147. The van der Waals surface area contributed by atoms with E-state index in [4.69, 9.17) is 4.74 Å². The lowest BCUT2D eigenvalue weighted by Crippen LogP contribution is -2.36. The maximum Gasteiger partial charge on any atom is 0.307 e. The summed E-state index contributed by atoms with van der Waals surface area (Å²) in [5, 5.41) is 12.2. The fraction of sp³-hybridized carbons (Fsp3) is 0.667. The highest BCUT2D eigenvalue weighted by Gasteiger charge is 2.46. The van der Waals surface area contributed by atoms with Crippen molar-refractivity contribution in [2.24, 2.45) is 5.92 Å². The second-order valence-electron chi connectivity index (χ2n) is 5.54. The van der Waals surface area contributed by atoms with E-state index in [1.807, 2.05) is 0 Å². The van der Waals surface area contributed by atoms with Gasteiger partial charge in [0.25, 0.3) is 0 Å². The number of anilines is 1. The van der Waals surface area contributed by atoms with Crippen molar-refractivity contribution in [1.82, 2.24) is 10.2 Å². The Morgan fingerprint density at radius 2 is 2.16 bits per heavy atom. The van der Waals surface area contributed by atoms with E-state index < -0.39 is 11.5 Å². The zero-order valence-electron chi connectivity index (χ0n) is 10.8. The first-order valence-corrected chi connectivity index (χ1v) is 7.13. The molecule has 2 fully saturated rings. The zero-order valence-corrected chi connectivity index (χ0v) is 11.6. The number of aromatic nitrogens is 2. The van der Waals surface area contributed by atoms with E-state index in [0.29, 0.717) is 11.0 Å². The van der Waals surface area contributed by atoms with E-state index in [0.717, 1.165) is 17.8 Å². The molecule has 1 aromatic heterocycles. The van der Waals surface area contributed by atoms with Crippen molar-refractivity contribution in [3.05, 3.63) is 5.01 Å². The van der Waals surface area contributed by atoms with Gasteiger partial charge in [-0.2, -0.15) is 0 Å². The number of nitrogens with one attached hydrogen (secondary N) is 1. The van der Waals surface area contributed by atoms with Crippen LogP contribution in [0.2, 0.25) is 0 Å². The number of cyclic esters (lactones) is 1. The summed E-state index contributed by atoms with van der Waals surface area (Å²) in [6.45, 7) is 3.50. The molecule has 0 spiro atoms. The van der Waals surface area contributed by atoms with Gasteiger partial charge in [0.05, 0.1) is 12.3 Å². The molecule has 1 aromatic rings. The standard InChI is InChI=1S/C12H15N3O3S/c1-12(2)7(5-8(16)18-12)9(17)13-11-15-14-10(19-11)6-3-4-6/h6-7H,3-5H2,1-2H3,(H,13,15,17)/t7-/m0/s1. The molecule has 1 N–H and O–H groups in total. The van der Waals surface area contributed by atoms with Crippen LogP contribution >= 0.6 is 11.3 Å². The van der Waals surface area contributed by atoms with Gasteiger partial charge in [-0.3, -0.25) is 9.59 Å². The van der Waals surface area contributed by atoms with Crippen LogP contribution in [0.3, 0.4) is 0 Å². The van der Waals surface area contributed by atoms with Crippen molar-refractivity contribution in [1.29, 1.82) is 0 Å². The third-order valence-electron chi connectivity index (χ3n) is 3.50. The predicted molar refractivity (Wildman–Crippen MR) is 68.8 cm³/mol. The molecule has 19 heavy (non-hydrogen) atoms. The van der Waals surface area contributed by atoms with E-state index in [-0.39, 0.29) is 18.3 Å². The fourth-order valence-corrected chi connectivity index (χ4v) is 3.12. The van der Waals surface area contributed by atoms with Crippen molar-refractivity contribution in [3.8, 4) is 0 Å². The van der Waals surface area contributed by atoms with Crippen molar-refractivity contribution in [2.45, 2.75) is 44.6 Å². The van der Waals surface area contributed by atoms with Gasteiger partial charge < -0.3 is 10.1 Å². The molecule has 2 aliphatic rings. The fourth-order valence-electron chi connectivity index (χ4n) is 2.20. The number of esters is 1. The highest BCUT2D eigenvalue weighted by atomic mass is 32.1. The molecule has 1 saturated carbocycles. The molecule has 0 unspecified atom stereocenters. The monoisotopic (exact) mass is 281 g/mol. The summed E-state index contributed by atoms with van der Waals surface area (Å²) >= 11 is 1.41. The number of nitrogens with zero attached hydrogens (tertiary/aromatic N) is 2. The summed E-state index contributed by atoms with van der Waals surface area (Å²) in [6, 6.07) is 0. The Bertz CT molecular complexity index is 536. The number of hydrogen-bond acceptors (Lipinski definition) is 6. The second-order valence-corrected chi connectivity index (χ2v) is 6.55. The van der Waals surface area contributed by atoms with Gasteiger partial charge in [0.2, 0.25) is 11.0 Å². The lowest BCUT2D eigenvalue weighted by atomic mass is 9.90. The van der Waals surface area contributed by atoms with Gasteiger partial charge in [-0.05, 0) is 26.7 Å². The molecule has 0 radical (unpaired) electrons. The van der Waals surface area contributed by atoms with Crippen LogP contribution in [0.5, 0.6) is 0 Å². The largest absolute Gasteiger partial charge is 0.459 e. The second kappa shape index (κ2) is 4.26. The molecule has 2 heterocycles. The zero-order chi connectivity index (χ0) is 13.6. The van der Waals surface area contributed by atoms with Gasteiger partial charge in [0.15, 0.2) is 0 Å². The number of amides is 1. The smallest absolute Gasteiger partial charge is 0.307 e. The highest BCUT2D eigenvalue weighted by molar-refractivity contribution is 7.15. The van der Waals surface area contributed by atoms with Gasteiger partial charge in [0, 0.05) is 5.92 Å². The van der Waals surface area contributed by atoms with Crippen LogP contribution in [0.25, 0.3) is 0 Å². The maximum absolute atomic E-state index is 12.2. The van der Waals surface area contributed by atoms with E-state index in [9.17, 15) is 9.59 Å². The van der Waals surface area contributed by atoms with Gasteiger partial charge in [-0.15, -0.1) is 10.2 Å². The Labute approximate surface area is 114 Å². The highest BCUT2D eigenvalue weighted by Crippen LogP contribution is 2.42. The first-order valence-electron chi connectivity index (χ1n) is 6.32. The summed E-state index contributed by atoms with van der Waals surface area (Å²) < 4.78 is 5.14. The minimum Gasteiger partial charge on any atom is -0.459 e. The minimum atomic E-state index is -0.759. The van der Waals surface area contributed by atoms with Gasteiger partial charge in [-0.1, -0.05) is 11.3 Å². The van der Waals surface area contributed by atoms with Crippen LogP contribution in [0.1, 0.15) is 44.0 Å². The van der Waals surface area contributed by atoms with E-state index in [1.54, 1.807) is 13.8 Å². The Morgan fingerprint density at radius 1 is 1.42 bits per heavy atom. The molecule has 3 rings (SSSR count). The van der Waals surface area contributed by atoms with Gasteiger partial charge >= 0.3 is 5.97 Å². The van der Waals surface area contributed by atoms with E-state index in [2.05, 4.69) is 15.5 Å². The van der Waals surface area contributed by atoms with E-state index in [1.165, 1.54) is 11.3 Å². The summed E-state index contributed by atoms with van der Waals surface area (Å²) in [6.07, 6.45) is 2.42. The van der Waals surface area contributed by atoms with Crippen LogP contribution < -0.4 is 5.32 Å². The molecule has 1 amide bonds. The summed E-state index contributed by atoms with van der Waals surface area (Å²) in [5.41, 5.74) is -0.759. The van der Waals surface area contributed by atoms with E-state index >= 15 is 0 Å². The first kappa shape index (κ1) is 12.5. The summed E-state index contributed by atoms with van der Waals surface area (Å²) in [5.74, 6) is -0.514. The van der Waals surface area contributed by atoms with Crippen molar-refractivity contribution >= 4 is 28.3 Å². The van der Waals surface area contributed by atoms with Crippen LogP contribution in [0.4, 0.5) is 5.13 Å². The van der Waals surface area contributed by atoms with Crippen molar-refractivity contribution in [3.63, 3.8) is 0 Å². The average Bonchev–Trinajstić information content (AvgIpc) is 2.99. The molecule has 6 nitrogen and oxygen atoms in total. The Hall–Kier alpha value is -1.50. The molecule has 1 saturated heterocycles. The molecule has 1 atom stereocenters. The Balaban J connectivity index is 1.68. The number of carbonyl (C=O) groups is 2. The number of carbonyl (C=O) groups excluding carboxylic acids is 2. The van der Waals surface area contributed by atoms with Crippen LogP contribution in [-0.2, 0) is 14.3 Å². The molecule has 102 valence electrons. The molecule has 7 heteroatoms. The molecule has 0 bridgehead atoms. The third kappa shape index (κ3) is 2.47. The molecule has 1 aliphatic heterocycles. The predicted octanol–water partition coefficient (Wildman–Crippen LogP) is 1.70. The molecular weight excluding hydrogens is 266 g/mol. The Morgan fingerprint density at radius 3 is 2.74 bits per heavy atom. The third-order valence-corrected chi connectivity index (χ3v) is 4.50. The Kier molecular flexibility index (Phi) is 2.81. The maximum atomic E-state index is 12.2. The molecular formula is C12H15N3O3S. The lowest BCUT2D eigenvalue weighted by Gasteiger charge is -2.23. The molecule has 0 aromatic carbocycles. The number of rotatable bonds is 3.